The Morgan fingerprint density at radius 1 is 1.30 bits per heavy atom. The van der Waals surface area contributed by atoms with Crippen molar-refractivity contribution >= 4 is 5.69 Å². The van der Waals surface area contributed by atoms with Crippen LogP contribution in [-0.4, -0.2) is 36.0 Å². The molecule has 2 atom stereocenters. The van der Waals surface area contributed by atoms with E-state index < -0.39 is 0 Å². The van der Waals surface area contributed by atoms with Gasteiger partial charge in [0.15, 0.2) is 0 Å². The summed E-state index contributed by atoms with van der Waals surface area (Å²) in [7, 11) is 0. The van der Waals surface area contributed by atoms with Gasteiger partial charge in [0.1, 0.15) is 0 Å². The van der Waals surface area contributed by atoms with Crippen LogP contribution in [0, 0.1) is 22.0 Å². The van der Waals surface area contributed by atoms with Gasteiger partial charge in [0.25, 0.3) is 5.69 Å². The molecule has 1 heterocycles. The molecule has 0 aromatic heterocycles. The van der Waals surface area contributed by atoms with Crippen molar-refractivity contribution in [1.29, 1.82) is 0 Å². The second kappa shape index (κ2) is 6.57. The van der Waals surface area contributed by atoms with E-state index in [-0.39, 0.29) is 16.0 Å². The highest BCUT2D eigenvalue weighted by Crippen LogP contribution is 2.63. The number of nitrogens with zero attached hydrogens (tertiary/aromatic N) is 2. The number of nitro benzene ring substituents is 1. The molecule has 5 nitrogen and oxygen atoms in total. The van der Waals surface area contributed by atoms with Crippen molar-refractivity contribution in [1.82, 2.24) is 4.90 Å². The molecule has 1 saturated carbocycles. The van der Waals surface area contributed by atoms with Crippen LogP contribution in [0.4, 0.5) is 5.69 Å². The van der Waals surface area contributed by atoms with E-state index in [2.05, 4.69) is 11.8 Å². The Hall–Kier alpha value is -1.46. The molecule has 1 aromatic rings. The Balaban J connectivity index is 1.63. The van der Waals surface area contributed by atoms with Crippen LogP contribution >= 0.6 is 0 Å². The summed E-state index contributed by atoms with van der Waals surface area (Å²) in [4.78, 5) is 13.3. The summed E-state index contributed by atoms with van der Waals surface area (Å²) < 4.78 is 0. The second-order valence-corrected chi connectivity index (χ2v) is 7.09. The summed E-state index contributed by atoms with van der Waals surface area (Å²) in [5.74, 6) is 1.14. The van der Waals surface area contributed by atoms with Gasteiger partial charge in [0, 0.05) is 37.2 Å². The highest BCUT2D eigenvalue weighted by molar-refractivity contribution is 5.45. The van der Waals surface area contributed by atoms with Crippen LogP contribution in [0.1, 0.15) is 38.2 Å². The van der Waals surface area contributed by atoms with Crippen LogP contribution in [0.25, 0.3) is 0 Å². The van der Waals surface area contributed by atoms with E-state index in [1.54, 1.807) is 18.2 Å². The largest absolute Gasteiger partial charge is 0.330 e. The fourth-order valence-corrected chi connectivity index (χ4v) is 4.52. The minimum atomic E-state index is -0.314. The molecule has 5 heteroatoms. The number of benzene rings is 1. The minimum Gasteiger partial charge on any atom is -0.330 e. The molecular weight excluding hydrogens is 290 g/mol. The van der Waals surface area contributed by atoms with E-state index in [0.29, 0.717) is 18.4 Å². The van der Waals surface area contributed by atoms with Crippen molar-refractivity contribution in [2.75, 3.05) is 26.2 Å². The fourth-order valence-electron chi connectivity index (χ4n) is 4.52. The zero-order valence-corrected chi connectivity index (χ0v) is 13.9. The van der Waals surface area contributed by atoms with Gasteiger partial charge in [-0.2, -0.15) is 0 Å². The predicted octanol–water partition coefficient (Wildman–Crippen LogP) is 2.93. The summed E-state index contributed by atoms with van der Waals surface area (Å²) in [6.07, 6.45) is 5.18. The molecule has 0 bridgehead atoms. The van der Waals surface area contributed by atoms with E-state index in [1.807, 2.05) is 6.07 Å². The number of piperidine rings is 1. The smallest absolute Gasteiger partial charge is 0.269 e. The summed E-state index contributed by atoms with van der Waals surface area (Å²) in [5, 5.41) is 11.0. The van der Waals surface area contributed by atoms with E-state index in [4.69, 9.17) is 5.73 Å². The average Bonchev–Trinajstić information content (AvgIpc) is 2.95. The van der Waals surface area contributed by atoms with Gasteiger partial charge >= 0.3 is 0 Å². The molecule has 2 fully saturated rings. The van der Waals surface area contributed by atoms with Crippen LogP contribution in [-0.2, 0) is 5.41 Å². The third kappa shape index (κ3) is 2.88. The molecule has 2 N–H and O–H groups in total. The standard InChI is InChI=1S/C18H27N3O2/c1-2-3-4-5-9-20-11-16-17(12-20)18(16,13-19)14-7-6-8-15(10-14)21(22)23/h6-8,10,16-17H,2-5,9,11-13,19H2,1H3. The maximum absolute atomic E-state index is 11.0. The van der Waals surface area contributed by atoms with Crippen molar-refractivity contribution in [3.63, 3.8) is 0 Å². The van der Waals surface area contributed by atoms with Crippen LogP contribution in [0.5, 0.6) is 0 Å². The number of nitrogens with two attached hydrogens (primary N) is 1. The first kappa shape index (κ1) is 16.4. The Labute approximate surface area is 138 Å². The molecule has 3 rings (SSSR count). The third-order valence-electron chi connectivity index (χ3n) is 5.87. The number of unbranched alkanes of at least 4 members (excludes halogenated alkanes) is 3. The summed E-state index contributed by atoms with van der Waals surface area (Å²) >= 11 is 0. The van der Waals surface area contributed by atoms with Gasteiger partial charge in [0.05, 0.1) is 4.92 Å². The Morgan fingerprint density at radius 2 is 2.04 bits per heavy atom. The van der Waals surface area contributed by atoms with Gasteiger partial charge in [0.2, 0.25) is 0 Å². The van der Waals surface area contributed by atoms with Gasteiger partial charge < -0.3 is 10.6 Å². The average molecular weight is 317 g/mol. The lowest BCUT2D eigenvalue weighted by Gasteiger charge is -2.26. The van der Waals surface area contributed by atoms with E-state index in [1.165, 1.54) is 32.2 Å². The van der Waals surface area contributed by atoms with Crippen molar-refractivity contribution in [2.24, 2.45) is 17.6 Å². The molecule has 1 aliphatic heterocycles. The molecular formula is C18H27N3O2. The molecule has 0 amide bonds. The lowest BCUT2D eigenvalue weighted by Crippen LogP contribution is -2.35. The van der Waals surface area contributed by atoms with Gasteiger partial charge in [-0.25, -0.2) is 0 Å². The van der Waals surface area contributed by atoms with Gasteiger partial charge in [-0.1, -0.05) is 38.3 Å². The van der Waals surface area contributed by atoms with E-state index in [9.17, 15) is 10.1 Å². The van der Waals surface area contributed by atoms with Crippen LogP contribution in [0.2, 0.25) is 0 Å². The Bertz CT molecular complexity index is 563. The first-order valence-corrected chi connectivity index (χ1v) is 8.80. The van der Waals surface area contributed by atoms with Crippen LogP contribution < -0.4 is 5.73 Å². The van der Waals surface area contributed by atoms with Gasteiger partial charge in [-0.3, -0.25) is 10.1 Å². The van der Waals surface area contributed by atoms with Crippen molar-refractivity contribution in [3.8, 4) is 0 Å². The van der Waals surface area contributed by atoms with Gasteiger partial charge in [-0.15, -0.1) is 0 Å². The number of rotatable bonds is 8. The Kier molecular flexibility index (Phi) is 4.69. The van der Waals surface area contributed by atoms with Crippen LogP contribution in [0.3, 0.4) is 0 Å². The number of likely N-dealkylation sites (tertiary alicyclic amines) is 1. The molecule has 1 saturated heterocycles. The Morgan fingerprint density at radius 3 is 2.65 bits per heavy atom. The fraction of sp³-hybridized carbons (Fsp3) is 0.667. The molecule has 2 aliphatic rings. The highest BCUT2D eigenvalue weighted by atomic mass is 16.6. The number of hydrogen-bond donors (Lipinski definition) is 1. The normalized spacial score (nSPS) is 29.5. The maximum atomic E-state index is 11.0. The third-order valence-corrected chi connectivity index (χ3v) is 5.87. The zero-order chi connectivity index (χ0) is 16.4. The summed E-state index contributed by atoms with van der Waals surface area (Å²) in [6.45, 7) is 6.20. The number of nitro groups is 1. The highest BCUT2D eigenvalue weighted by Gasteiger charge is 2.67. The molecule has 126 valence electrons. The molecule has 0 radical (unpaired) electrons. The first-order chi connectivity index (χ1) is 11.1. The summed E-state index contributed by atoms with van der Waals surface area (Å²) in [5.41, 5.74) is 7.33. The maximum Gasteiger partial charge on any atom is 0.269 e. The molecule has 2 unspecified atom stereocenters. The number of fused-ring (bicyclic) bond motifs is 1. The zero-order valence-electron chi connectivity index (χ0n) is 13.9. The first-order valence-electron chi connectivity index (χ1n) is 8.80. The van der Waals surface area contributed by atoms with Crippen molar-refractivity contribution < 1.29 is 4.92 Å². The number of hydrogen-bond acceptors (Lipinski definition) is 4. The lowest BCUT2D eigenvalue weighted by molar-refractivity contribution is -0.384. The SMILES string of the molecule is CCCCCCN1CC2C(C1)C2(CN)c1cccc([N+](=O)[O-])c1. The molecule has 1 aliphatic carbocycles. The quantitative estimate of drug-likeness (QED) is 0.454. The van der Waals surface area contributed by atoms with E-state index >= 15 is 0 Å². The monoisotopic (exact) mass is 317 g/mol. The summed E-state index contributed by atoms with van der Waals surface area (Å²) in [6, 6.07) is 7.11. The van der Waals surface area contributed by atoms with Crippen molar-refractivity contribution in [2.45, 2.75) is 38.0 Å². The number of non-ortho nitro benzene ring substituents is 1. The molecule has 1 aromatic carbocycles. The molecule has 23 heavy (non-hydrogen) atoms. The van der Waals surface area contributed by atoms with Crippen LogP contribution in [0.15, 0.2) is 24.3 Å². The van der Waals surface area contributed by atoms with E-state index in [0.717, 1.165) is 18.7 Å². The minimum absolute atomic E-state index is 0.0219. The van der Waals surface area contributed by atoms with Crippen molar-refractivity contribution in [3.05, 3.63) is 39.9 Å². The molecule has 0 spiro atoms. The topological polar surface area (TPSA) is 72.4 Å². The lowest BCUT2D eigenvalue weighted by atomic mass is 9.90. The second-order valence-electron chi connectivity index (χ2n) is 7.09. The van der Waals surface area contributed by atoms with Gasteiger partial charge in [-0.05, 0) is 30.4 Å². The predicted molar refractivity (Wildman–Crippen MR) is 91.4 cm³/mol.